The lowest BCUT2D eigenvalue weighted by Crippen LogP contribution is -2.51. The standard InChI is InChI=1S/C17H19F3N2O/c18-14-8-4-5-12(9-14)10-22-11-15(23)16(21)17(19,20)13-6-2-1-3-7-13/h1-9,15-16,22-23H,10-11,21H2. The molecule has 0 aliphatic rings. The zero-order chi connectivity index (χ0) is 16.9. The number of rotatable bonds is 7. The monoisotopic (exact) mass is 324 g/mol. The van der Waals surface area contributed by atoms with E-state index in [1.54, 1.807) is 18.2 Å². The molecule has 0 saturated carbocycles. The van der Waals surface area contributed by atoms with Crippen LogP contribution in [0, 0.1) is 5.82 Å². The van der Waals surface area contributed by atoms with Crippen LogP contribution in [0.5, 0.6) is 0 Å². The Balaban J connectivity index is 1.91. The third-order valence-corrected chi connectivity index (χ3v) is 3.56. The van der Waals surface area contributed by atoms with Crippen LogP contribution in [0.3, 0.4) is 0 Å². The highest BCUT2D eigenvalue weighted by atomic mass is 19.3. The van der Waals surface area contributed by atoms with Crippen molar-refractivity contribution in [1.29, 1.82) is 0 Å². The SMILES string of the molecule is NC(C(O)CNCc1cccc(F)c1)C(F)(F)c1ccccc1. The number of halogens is 3. The molecular weight excluding hydrogens is 305 g/mol. The van der Waals surface area contributed by atoms with Gasteiger partial charge in [-0.05, 0) is 17.7 Å². The molecule has 0 aliphatic carbocycles. The van der Waals surface area contributed by atoms with E-state index in [1.165, 1.54) is 36.4 Å². The van der Waals surface area contributed by atoms with Gasteiger partial charge < -0.3 is 16.2 Å². The van der Waals surface area contributed by atoms with Gasteiger partial charge in [-0.3, -0.25) is 0 Å². The van der Waals surface area contributed by atoms with Crippen molar-refractivity contribution >= 4 is 0 Å². The van der Waals surface area contributed by atoms with E-state index < -0.39 is 18.1 Å². The number of nitrogens with two attached hydrogens (primary N) is 1. The van der Waals surface area contributed by atoms with Gasteiger partial charge in [-0.2, -0.15) is 8.78 Å². The molecule has 0 saturated heterocycles. The summed E-state index contributed by atoms with van der Waals surface area (Å²) in [5, 5.41) is 12.7. The minimum absolute atomic E-state index is 0.125. The van der Waals surface area contributed by atoms with Crippen molar-refractivity contribution < 1.29 is 18.3 Å². The summed E-state index contributed by atoms with van der Waals surface area (Å²) in [6.07, 6.45) is -1.45. The van der Waals surface area contributed by atoms with E-state index in [-0.39, 0.29) is 24.5 Å². The van der Waals surface area contributed by atoms with E-state index in [2.05, 4.69) is 5.32 Å². The van der Waals surface area contributed by atoms with Gasteiger partial charge in [-0.1, -0.05) is 42.5 Å². The van der Waals surface area contributed by atoms with E-state index in [1.807, 2.05) is 0 Å². The lowest BCUT2D eigenvalue weighted by atomic mass is 9.97. The first-order valence-corrected chi connectivity index (χ1v) is 7.23. The highest BCUT2D eigenvalue weighted by molar-refractivity contribution is 5.22. The molecule has 3 nitrogen and oxygen atoms in total. The Morgan fingerprint density at radius 1 is 1.09 bits per heavy atom. The molecule has 0 aliphatic heterocycles. The number of hydrogen-bond donors (Lipinski definition) is 3. The van der Waals surface area contributed by atoms with Gasteiger partial charge in [0.1, 0.15) is 11.9 Å². The van der Waals surface area contributed by atoms with Crippen molar-refractivity contribution in [3.05, 3.63) is 71.5 Å². The third kappa shape index (κ3) is 4.54. The summed E-state index contributed by atoms with van der Waals surface area (Å²) in [6, 6.07) is 11.3. The van der Waals surface area contributed by atoms with Crippen molar-refractivity contribution in [2.75, 3.05) is 6.54 Å². The second kappa shape index (κ2) is 7.59. The van der Waals surface area contributed by atoms with Crippen LogP contribution in [0.25, 0.3) is 0 Å². The lowest BCUT2D eigenvalue weighted by molar-refractivity contribution is -0.0702. The molecule has 2 aromatic rings. The van der Waals surface area contributed by atoms with Gasteiger partial charge in [-0.15, -0.1) is 0 Å². The molecule has 23 heavy (non-hydrogen) atoms. The molecule has 2 aromatic carbocycles. The van der Waals surface area contributed by atoms with Crippen molar-refractivity contribution in [3.63, 3.8) is 0 Å². The average Bonchev–Trinajstić information content (AvgIpc) is 2.55. The van der Waals surface area contributed by atoms with Gasteiger partial charge in [0.2, 0.25) is 0 Å². The zero-order valence-electron chi connectivity index (χ0n) is 12.4. The smallest absolute Gasteiger partial charge is 0.290 e. The van der Waals surface area contributed by atoms with E-state index >= 15 is 0 Å². The Bertz CT molecular complexity index is 622. The summed E-state index contributed by atoms with van der Waals surface area (Å²) in [5.74, 6) is -3.72. The molecule has 0 radical (unpaired) electrons. The number of nitrogens with one attached hydrogen (secondary N) is 1. The summed E-state index contributed by atoms with van der Waals surface area (Å²) in [5.41, 5.74) is 5.94. The Labute approximate surface area is 132 Å². The molecule has 0 spiro atoms. The normalized spacial score (nSPS) is 14.5. The minimum Gasteiger partial charge on any atom is -0.390 e. The topological polar surface area (TPSA) is 58.3 Å². The lowest BCUT2D eigenvalue weighted by Gasteiger charge is -2.28. The summed E-state index contributed by atoms with van der Waals surface area (Å²) < 4.78 is 41.5. The maximum absolute atomic E-state index is 14.2. The van der Waals surface area contributed by atoms with E-state index in [0.717, 1.165) is 0 Å². The number of hydrogen-bond acceptors (Lipinski definition) is 3. The second-order valence-corrected chi connectivity index (χ2v) is 5.34. The molecule has 6 heteroatoms. The molecule has 124 valence electrons. The summed E-state index contributed by atoms with van der Waals surface area (Å²) in [7, 11) is 0. The van der Waals surface area contributed by atoms with E-state index in [0.29, 0.717) is 5.56 Å². The molecule has 2 rings (SSSR count). The minimum atomic E-state index is -3.35. The van der Waals surface area contributed by atoms with Crippen LogP contribution in [0.4, 0.5) is 13.2 Å². The summed E-state index contributed by atoms with van der Waals surface area (Å²) in [4.78, 5) is 0. The zero-order valence-corrected chi connectivity index (χ0v) is 12.4. The quantitative estimate of drug-likeness (QED) is 0.733. The molecular formula is C17H19F3N2O. The van der Waals surface area contributed by atoms with Gasteiger partial charge in [-0.25, -0.2) is 4.39 Å². The Morgan fingerprint density at radius 2 is 1.78 bits per heavy atom. The first-order chi connectivity index (χ1) is 10.9. The number of aliphatic hydroxyl groups is 1. The Kier molecular flexibility index (Phi) is 5.76. The van der Waals surface area contributed by atoms with E-state index in [4.69, 9.17) is 5.73 Å². The van der Waals surface area contributed by atoms with Crippen LogP contribution in [0.15, 0.2) is 54.6 Å². The Morgan fingerprint density at radius 3 is 2.43 bits per heavy atom. The molecule has 0 aromatic heterocycles. The molecule has 0 heterocycles. The average molecular weight is 324 g/mol. The Hall–Kier alpha value is -1.89. The fourth-order valence-corrected chi connectivity index (χ4v) is 2.23. The summed E-state index contributed by atoms with van der Waals surface area (Å²) >= 11 is 0. The van der Waals surface area contributed by atoms with E-state index in [9.17, 15) is 18.3 Å². The fraction of sp³-hybridized carbons (Fsp3) is 0.294. The molecule has 2 atom stereocenters. The van der Waals surface area contributed by atoms with Crippen molar-refractivity contribution in [2.45, 2.75) is 24.6 Å². The third-order valence-electron chi connectivity index (χ3n) is 3.56. The molecule has 2 unspecified atom stereocenters. The molecule has 0 fully saturated rings. The maximum atomic E-state index is 14.2. The van der Waals surface area contributed by atoms with Crippen LogP contribution in [-0.4, -0.2) is 23.8 Å². The molecule has 0 amide bonds. The van der Waals surface area contributed by atoms with Crippen molar-refractivity contribution in [1.82, 2.24) is 5.32 Å². The predicted octanol–water partition coefficient (Wildman–Crippen LogP) is 2.40. The maximum Gasteiger partial charge on any atom is 0.290 e. The number of aliphatic hydroxyl groups excluding tert-OH is 1. The number of alkyl halides is 2. The van der Waals surface area contributed by atoms with Crippen LogP contribution in [-0.2, 0) is 12.5 Å². The van der Waals surface area contributed by atoms with Crippen LogP contribution < -0.4 is 11.1 Å². The molecule has 0 bridgehead atoms. The first-order valence-electron chi connectivity index (χ1n) is 7.23. The molecule has 4 N–H and O–H groups in total. The highest BCUT2D eigenvalue weighted by Gasteiger charge is 2.42. The van der Waals surface area contributed by atoms with Crippen LogP contribution in [0.1, 0.15) is 11.1 Å². The van der Waals surface area contributed by atoms with Crippen LogP contribution in [0.2, 0.25) is 0 Å². The second-order valence-electron chi connectivity index (χ2n) is 5.34. The van der Waals surface area contributed by atoms with Gasteiger partial charge in [0.05, 0.1) is 6.10 Å². The highest BCUT2D eigenvalue weighted by Crippen LogP contribution is 2.31. The van der Waals surface area contributed by atoms with Gasteiger partial charge in [0.15, 0.2) is 0 Å². The van der Waals surface area contributed by atoms with Gasteiger partial charge in [0.25, 0.3) is 5.92 Å². The van der Waals surface area contributed by atoms with Crippen molar-refractivity contribution in [2.24, 2.45) is 5.73 Å². The number of benzene rings is 2. The van der Waals surface area contributed by atoms with Gasteiger partial charge >= 0.3 is 0 Å². The first kappa shape index (κ1) is 17.5. The summed E-state index contributed by atoms with van der Waals surface area (Å²) in [6.45, 7) is 0.124. The predicted molar refractivity (Wildman–Crippen MR) is 82.4 cm³/mol. The fourth-order valence-electron chi connectivity index (χ4n) is 2.23. The van der Waals surface area contributed by atoms with Gasteiger partial charge in [0, 0.05) is 18.7 Å². The van der Waals surface area contributed by atoms with Crippen molar-refractivity contribution in [3.8, 4) is 0 Å². The largest absolute Gasteiger partial charge is 0.390 e. The van der Waals surface area contributed by atoms with Crippen LogP contribution >= 0.6 is 0 Å².